The van der Waals surface area contributed by atoms with Crippen molar-refractivity contribution in [1.29, 1.82) is 0 Å². The molecule has 7 heteroatoms. The third-order valence-electron chi connectivity index (χ3n) is 3.65. The molecule has 7 nitrogen and oxygen atoms in total. The summed E-state index contributed by atoms with van der Waals surface area (Å²) < 4.78 is 5.03. The quantitative estimate of drug-likeness (QED) is 0.543. The van der Waals surface area contributed by atoms with Crippen molar-refractivity contribution >= 4 is 17.5 Å². The number of carbonyl (C=O) groups is 2. The summed E-state index contributed by atoms with van der Waals surface area (Å²) in [6.07, 6.45) is 0. The van der Waals surface area contributed by atoms with E-state index in [-0.39, 0.29) is 26.4 Å². The molecule has 0 atom stereocenters. The number of piperazine rings is 1. The Kier molecular flexibility index (Phi) is 6.83. The summed E-state index contributed by atoms with van der Waals surface area (Å²) in [4.78, 5) is 27.7. The zero-order chi connectivity index (χ0) is 16.5. The molecule has 1 aliphatic rings. The Morgan fingerprint density at radius 3 is 2.43 bits per heavy atom. The number of aliphatic hydroxyl groups excluding tert-OH is 1. The van der Waals surface area contributed by atoms with Crippen molar-refractivity contribution in [3.63, 3.8) is 0 Å². The van der Waals surface area contributed by atoms with E-state index in [1.165, 1.54) is 0 Å². The van der Waals surface area contributed by atoms with Crippen molar-refractivity contribution in [3.8, 4) is 0 Å². The number of nitrogens with one attached hydrogen (secondary N) is 1. The van der Waals surface area contributed by atoms with Gasteiger partial charge in [-0.2, -0.15) is 0 Å². The van der Waals surface area contributed by atoms with Crippen molar-refractivity contribution in [2.24, 2.45) is 0 Å². The lowest BCUT2D eigenvalue weighted by atomic mass is 10.2. The van der Waals surface area contributed by atoms with E-state index in [1.54, 1.807) is 4.90 Å². The molecule has 1 heterocycles. The maximum Gasteiger partial charge on any atom is 0.312 e. The minimum absolute atomic E-state index is 0.0570. The van der Waals surface area contributed by atoms with Crippen molar-refractivity contribution in [2.45, 2.75) is 0 Å². The number of hydrogen-bond acceptors (Lipinski definition) is 5. The second-order valence-electron chi connectivity index (χ2n) is 5.21. The molecule has 0 unspecified atom stereocenters. The third-order valence-corrected chi connectivity index (χ3v) is 3.65. The van der Waals surface area contributed by atoms with Crippen LogP contribution in [0.25, 0.3) is 0 Å². The number of nitrogens with zero attached hydrogens (tertiary/aromatic N) is 2. The molecule has 2 amide bonds. The van der Waals surface area contributed by atoms with Gasteiger partial charge in [0.05, 0.1) is 19.8 Å². The topological polar surface area (TPSA) is 82.1 Å². The Hall–Kier alpha value is -2.12. The Morgan fingerprint density at radius 2 is 1.78 bits per heavy atom. The molecule has 1 saturated heterocycles. The predicted octanol–water partition coefficient (Wildman–Crippen LogP) is -0.540. The van der Waals surface area contributed by atoms with Crippen LogP contribution in [0.2, 0.25) is 0 Å². The van der Waals surface area contributed by atoms with E-state index < -0.39 is 11.8 Å². The number of benzene rings is 1. The molecule has 1 aromatic rings. The zero-order valence-corrected chi connectivity index (χ0v) is 13.1. The lowest BCUT2D eigenvalue weighted by Crippen LogP contribution is -2.53. The summed E-state index contributed by atoms with van der Waals surface area (Å²) in [6.45, 7) is 3.19. The van der Waals surface area contributed by atoms with E-state index in [9.17, 15) is 9.59 Å². The van der Waals surface area contributed by atoms with Crippen LogP contribution in [0.4, 0.5) is 5.69 Å². The van der Waals surface area contributed by atoms with Crippen LogP contribution >= 0.6 is 0 Å². The van der Waals surface area contributed by atoms with Crippen LogP contribution in [0.15, 0.2) is 30.3 Å². The van der Waals surface area contributed by atoms with Crippen molar-refractivity contribution in [1.82, 2.24) is 10.2 Å². The van der Waals surface area contributed by atoms with Crippen molar-refractivity contribution in [3.05, 3.63) is 30.3 Å². The molecule has 0 saturated carbocycles. The highest BCUT2D eigenvalue weighted by atomic mass is 16.5. The summed E-state index contributed by atoms with van der Waals surface area (Å²) in [6, 6.07) is 10.0. The second-order valence-corrected chi connectivity index (χ2v) is 5.21. The standard InChI is InChI=1S/C16H23N3O4/c20-11-13-23-12-6-17-15(21)16(22)19-9-7-18(8-10-19)14-4-2-1-3-5-14/h1-5,20H,6-13H2,(H,17,21). The Labute approximate surface area is 135 Å². The van der Waals surface area contributed by atoms with Gasteiger partial charge in [0, 0.05) is 38.4 Å². The van der Waals surface area contributed by atoms with Crippen LogP contribution in [0.1, 0.15) is 0 Å². The number of carbonyl (C=O) groups excluding carboxylic acids is 2. The van der Waals surface area contributed by atoms with Gasteiger partial charge in [-0.15, -0.1) is 0 Å². The molecule has 2 N–H and O–H groups in total. The van der Waals surface area contributed by atoms with Crippen molar-refractivity contribution < 1.29 is 19.4 Å². The molecular weight excluding hydrogens is 298 g/mol. The van der Waals surface area contributed by atoms with Crippen LogP contribution in [-0.4, -0.2) is 74.4 Å². The molecule has 0 radical (unpaired) electrons. The van der Waals surface area contributed by atoms with E-state index in [4.69, 9.17) is 9.84 Å². The minimum atomic E-state index is -0.606. The molecule has 2 rings (SSSR count). The number of hydrogen-bond donors (Lipinski definition) is 2. The largest absolute Gasteiger partial charge is 0.394 e. The average molecular weight is 321 g/mol. The number of anilines is 1. The first-order valence-electron chi connectivity index (χ1n) is 7.78. The highest BCUT2D eigenvalue weighted by Crippen LogP contribution is 2.15. The zero-order valence-electron chi connectivity index (χ0n) is 13.1. The third kappa shape index (κ3) is 5.22. The molecule has 0 bridgehead atoms. The number of aliphatic hydroxyl groups is 1. The smallest absolute Gasteiger partial charge is 0.312 e. The van der Waals surface area contributed by atoms with E-state index in [0.29, 0.717) is 26.2 Å². The molecule has 1 aliphatic heterocycles. The van der Waals surface area contributed by atoms with Gasteiger partial charge in [-0.25, -0.2) is 0 Å². The summed E-state index contributed by atoms with van der Waals surface area (Å²) in [5.74, 6) is -1.11. The summed E-state index contributed by atoms with van der Waals surface area (Å²) >= 11 is 0. The average Bonchev–Trinajstić information content (AvgIpc) is 2.61. The summed E-state index contributed by atoms with van der Waals surface area (Å²) in [7, 11) is 0. The number of para-hydroxylation sites is 1. The van der Waals surface area contributed by atoms with E-state index >= 15 is 0 Å². The van der Waals surface area contributed by atoms with Crippen LogP contribution < -0.4 is 10.2 Å². The number of amides is 2. The van der Waals surface area contributed by atoms with Gasteiger partial charge in [-0.1, -0.05) is 18.2 Å². The number of ether oxygens (including phenoxy) is 1. The Balaban J connectivity index is 1.71. The fourth-order valence-electron chi connectivity index (χ4n) is 2.43. The van der Waals surface area contributed by atoms with Gasteiger partial charge in [0.25, 0.3) is 0 Å². The van der Waals surface area contributed by atoms with E-state index in [1.807, 2.05) is 30.3 Å². The van der Waals surface area contributed by atoms with Crippen LogP contribution in [0, 0.1) is 0 Å². The first kappa shape index (κ1) is 17.2. The Morgan fingerprint density at radius 1 is 1.09 bits per heavy atom. The Bertz CT molecular complexity index is 501. The molecular formula is C16H23N3O4. The predicted molar refractivity (Wildman–Crippen MR) is 86.1 cm³/mol. The van der Waals surface area contributed by atoms with Gasteiger partial charge in [-0.3, -0.25) is 9.59 Å². The van der Waals surface area contributed by atoms with Gasteiger partial charge < -0.3 is 25.0 Å². The molecule has 1 aromatic carbocycles. The first-order valence-corrected chi connectivity index (χ1v) is 7.78. The highest BCUT2D eigenvalue weighted by Gasteiger charge is 2.25. The monoisotopic (exact) mass is 321 g/mol. The molecule has 0 spiro atoms. The summed E-state index contributed by atoms with van der Waals surface area (Å²) in [5.41, 5.74) is 1.13. The molecule has 0 aliphatic carbocycles. The fourth-order valence-corrected chi connectivity index (χ4v) is 2.43. The van der Waals surface area contributed by atoms with Crippen LogP contribution in [0.5, 0.6) is 0 Å². The van der Waals surface area contributed by atoms with Gasteiger partial charge in [-0.05, 0) is 12.1 Å². The SMILES string of the molecule is O=C(NCCOCCO)C(=O)N1CCN(c2ccccc2)CC1. The van der Waals surface area contributed by atoms with Gasteiger partial charge in [0.15, 0.2) is 0 Å². The molecule has 23 heavy (non-hydrogen) atoms. The van der Waals surface area contributed by atoms with E-state index in [2.05, 4.69) is 10.2 Å². The van der Waals surface area contributed by atoms with E-state index in [0.717, 1.165) is 5.69 Å². The van der Waals surface area contributed by atoms with Gasteiger partial charge >= 0.3 is 11.8 Å². The maximum absolute atomic E-state index is 12.1. The van der Waals surface area contributed by atoms with Gasteiger partial charge in [0.2, 0.25) is 0 Å². The van der Waals surface area contributed by atoms with Crippen LogP contribution in [-0.2, 0) is 14.3 Å². The van der Waals surface area contributed by atoms with Crippen molar-refractivity contribution in [2.75, 3.05) is 57.4 Å². The highest BCUT2D eigenvalue weighted by molar-refractivity contribution is 6.35. The van der Waals surface area contributed by atoms with Gasteiger partial charge in [0.1, 0.15) is 0 Å². The van der Waals surface area contributed by atoms with Crippen LogP contribution in [0.3, 0.4) is 0 Å². The fraction of sp³-hybridized carbons (Fsp3) is 0.500. The minimum Gasteiger partial charge on any atom is -0.394 e. The molecule has 0 aromatic heterocycles. The molecule has 1 fully saturated rings. The lowest BCUT2D eigenvalue weighted by Gasteiger charge is -2.35. The normalized spacial score (nSPS) is 14.7. The maximum atomic E-state index is 12.1. The molecule has 126 valence electrons. The lowest BCUT2D eigenvalue weighted by molar-refractivity contribution is -0.146. The second kappa shape index (κ2) is 9.12. The first-order chi connectivity index (χ1) is 11.2. The number of rotatable bonds is 6. The summed E-state index contributed by atoms with van der Waals surface area (Å²) in [5, 5.41) is 11.1.